The van der Waals surface area contributed by atoms with E-state index in [4.69, 9.17) is 0 Å². The standard InChI is InChI=1S/C13H16O2/c1-10-4-6-12(7-5-10)13(3,8-9-14)11(2)15/h4-7,9H,8H2,1-3H3. The van der Waals surface area contributed by atoms with Crippen molar-refractivity contribution in [3.63, 3.8) is 0 Å². The van der Waals surface area contributed by atoms with Crippen LogP contribution in [-0.4, -0.2) is 12.1 Å². The Morgan fingerprint density at radius 2 is 1.87 bits per heavy atom. The van der Waals surface area contributed by atoms with Crippen LogP contribution < -0.4 is 0 Å². The van der Waals surface area contributed by atoms with Crippen LogP contribution in [0.3, 0.4) is 0 Å². The van der Waals surface area contributed by atoms with Crippen molar-refractivity contribution in [3.05, 3.63) is 35.4 Å². The molecule has 0 saturated heterocycles. The van der Waals surface area contributed by atoms with Crippen molar-refractivity contribution < 1.29 is 9.59 Å². The molecule has 1 atom stereocenters. The van der Waals surface area contributed by atoms with Crippen LogP contribution in [0.4, 0.5) is 0 Å². The molecule has 2 nitrogen and oxygen atoms in total. The molecule has 1 rings (SSSR count). The number of carbonyl (C=O) groups is 2. The summed E-state index contributed by atoms with van der Waals surface area (Å²) in [5.41, 5.74) is 1.39. The number of hydrogen-bond donors (Lipinski definition) is 0. The molecule has 0 aliphatic carbocycles. The molecular formula is C13H16O2. The molecule has 0 spiro atoms. The van der Waals surface area contributed by atoms with Gasteiger partial charge in [-0.2, -0.15) is 0 Å². The molecule has 0 saturated carbocycles. The predicted octanol–water partition coefficient (Wildman–Crippen LogP) is 2.43. The van der Waals surface area contributed by atoms with Gasteiger partial charge in [0.1, 0.15) is 12.1 Å². The number of hydrogen-bond acceptors (Lipinski definition) is 2. The van der Waals surface area contributed by atoms with E-state index < -0.39 is 5.41 Å². The summed E-state index contributed by atoms with van der Waals surface area (Å²) in [5, 5.41) is 0. The summed E-state index contributed by atoms with van der Waals surface area (Å²) in [7, 11) is 0. The zero-order chi connectivity index (χ0) is 11.5. The van der Waals surface area contributed by atoms with Gasteiger partial charge in [0.05, 0.1) is 5.41 Å². The minimum Gasteiger partial charge on any atom is -0.303 e. The maximum Gasteiger partial charge on any atom is 0.140 e. The summed E-state index contributed by atoms with van der Waals surface area (Å²) in [6.07, 6.45) is 1.05. The van der Waals surface area contributed by atoms with Crippen molar-refractivity contribution in [3.8, 4) is 0 Å². The van der Waals surface area contributed by atoms with Crippen molar-refractivity contribution in [2.75, 3.05) is 0 Å². The molecule has 0 heterocycles. The lowest BCUT2D eigenvalue weighted by atomic mass is 9.76. The Morgan fingerprint density at radius 1 is 1.33 bits per heavy atom. The van der Waals surface area contributed by atoms with Crippen LogP contribution in [0.15, 0.2) is 24.3 Å². The Labute approximate surface area is 90.3 Å². The summed E-state index contributed by atoms with van der Waals surface area (Å²) < 4.78 is 0. The van der Waals surface area contributed by atoms with E-state index in [1.807, 2.05) is 38.1 Å². The number of aryl methyl sites for hydroxylation is 1. The maximum absolute atomic E-state index is 11.6. The van der Waals surface area contributed by atoms with Crippen LogP contribution in [0.5, 0.6) is 0 Å². The minimum absolute atomic E-state index is 0.0263. The first-order valence-electron chi connectivity index (χ1n) is 5.02. The van der Waals surface area contributed by atoms with E-state index in [0.29, 0.717) is 0 Å². The van der Waals surface area contributed by atoms with E-state index in [2.05, 4.69) is 0 Å². The molecule has 1 aromatic carbocycles. The second kappa shape index (κ2) is 4.39. The van der Waals surface area contributed by atoms with E-state index >= 15 is 0 Å². The van der Waals surface area contributed by atoms with Gasteiger partial charge in [0.15, 0.2) is 0 Å². The Bertz CT molecular complexity index is 365. The first-order valence-corrected chi connectivity index (χ1v) is 5.02. The minimum atomic E-state index is -0.671. The number of Topliss-reactive ketones (excluding diaryl/α,β-unsaturated/α-hetero) is 1. The normalized spacial score (nSPS) is 14.3. The van der Waals surface area contributed by atoms with Crippen molar-refractivity contribution in [1.82, 2.24) is 0 Å². The van der Waals surface area contributed by atoms with Crippen molar-refractivity contribution in [1.29, 1.82) is 0 Å². The number of rotatable bonds is 4. The van der Waals surface area contributed by atoms with Crippen molar-refractivity contribution in [2.45, 2.75) is 32.6 Å². The molecule has 0 aliphatic rings. The highest BCUT2D eigenvalue weighted by Gasteiger charge is 2.31. The first-order chi connectivity index (χ1) is 7.00. The fraction of sp³-hybridized carbons (Fsp3) is 0.385. The molecular weight excluding hydrogens is 188 g/mol. The zero-order valence-electron chi connectivity index (χ0n) is 9.41. The lowest BCUT2D eigenvalue weighted by Crippen LogP contribution is -2.31. The van der Waals surface area contributed by atoms with E-state index in [1.54, 1.807) is 0 Å². The molecule has 2 heteroatoms. The highest BCUT2D eigenvalue weighted by atomic mass is 16.1. The van der Waals surface area contributed by atoms with Gasteiger partial charge in [0.25, 0.3) is 0 Å². The Kier molecular flexibility index (Phi) is 3.40. The average molecular weight is 204 g/mol. The van der Waals surface area contributed by atoms with Gasteiger partial charge in [0, 0.05) is 6.42 Å². The van der Waals surface area contributed by atoms with Crippen LogP contribution >= 0.6 is 0 Å². The third-order valence-electron chi connectivity index (χ3n) is 2.96. The van der Waals surface area contributed by atoms with Crippen molar-refractivity contribution in [2.24, 2.45) is 0 Å². The molecule has 0 amide bonds. The smallest absolute Gasteiger partial charge is 0.140 e. The summed E-state index contributed by atoms with van der Waals surface area (Å²) in [5.74, 6) is 0.0263. The van der Waals surface area contributed by atoms with Gasteiger partial charge in [-0.05, 0) is 26.3 Å². The van der Waals surface area contributed by atoms with Gasteiger partial charge in [-0.1, -0.05) is 29.8 Å². The van der Waals surface area contributed by atoms with Gasteiger partial charge in [-0.25, -0.2) is 0 Å². The largest absolute Gasteiger partial charge is 0.303 e. The maximum atomic E-state index is 11.6. The fourth-order valence-corrected chi connectivity index (χ4v) is 1.55. The highest BCUT2D eigenvalue weighted by Crippen LogP contribution is 2.28. The van der Waals surface area contributed by atoms with Crippen LogP contribution in [0.2, 0.25) is 0 Å². The van der Waals surface area contributed by atoms with Crippen LogP contribution in [0.1, 0.15) is 31.4 Å². The molecule has 0 fully saturated rings. The van der Waals surface area contributed by atoms with Gasteiger partial charge in [0.2, 0.25) is 0 Å². The Balaban J connectivity index is 3.14. The van der Waals surface area contributed by atoms with Gasteiger partial charge < -0.3 is 4.79 Å². The van der Waals surface area contributed by atoms with E-state index in [-0.39, 0.29) is 12.2 Å². The monoisotopic (exact) mass is 204 g/mol. The van der Waals surface area contributed by atoms with Gasteiger partial charge in [-0.3, -0.25) is 4.79 Å². The molecule has 0 aromatic heterocycles. The number of aldehydes is 1. The number of ketones is 1. The summed E-state index contributed by atoms with van der Waals surface area (Å²) >= 11 is 0. The number of benzene rings is 1. The summed E-state index contributed by atoms with van der Waals surface area (Å²) in [6.45, 7) is 5.34. The molecule has 0 aliphatic heterocycles. The second-order valence-electron chi connectivity index (χ2n) is 4.13. The second-order valence-corrected chi connectivity index (χ2v) is 4.13. The van der Waals surface area contributed by atoms with Gasteiger partial charge >= 0.3 is 0 Å². The molecule has 80 valence electrons. The topological polar surface area (TPSA) is 34.1 Å². The van der Waals surface area contributed by atoms with Crippen LogP contribution in [0, 0.1) is 6.92 Å². The average Bonchev–Trinajstić information content (AvgIpc) is 2.18. The Hall–Kier alpha value is -1.44. The Morgan fingerprint density at radius 3 is 2.27 bits per heavy atom. The zero-order valence-corrected chi connectivity index (χ0v) is 9.41. The lowest BCUT2D eigenvalue weighted by Gasteiger charge is -2.24. The molecule has 0 radical (unpaired) electrons. The van der Waals surface area contributed by atoms with Crippen molar-refractivity contribution >= 4 is 12.1 Å². The SMILES string of the molecule is CC(=O)C(C)(CC=O)c1ccc(C)cc1. The lowest BCUT2D eigenvalue weighted by molar-refractivity contribution is -0.124. The predicted molar refractivity (Wildman–Crippen MR) is 59.9 cm³/mol. The molecule has 0 bridgehead atoms. The first kappa shape index (κ1) is 11.6. The third-order valence-corrected chi connectivity index (χ3v) is 2.96. The molecule has 1 aromatic rings. The van der Waals surface area contributed by atoms with E-state index in [0.717, 1.165) is 17.4 Å². The number of carbonyl (C=O) groups excluding carboxylic acids is 2. The highest BCUT2D eigenvalue weighted by molar-refractivity contribution is 5.89. The van der Waals surface area contributed by atoms with E-state index in [1.165, 1.54) is 6.92 Å². The summed E-state index contributed by atoms with van der Waals surface area (Å²) in [4.78, 5) is 22.2. The molecule has 1 unspecified atom stereocenters. The van der Waals surface area contributed by atoms with Crippen LogP contribution in [-0.2, 0) is 15.0 Å². The van der Waals surface area contributed by atoms with Crippen LogP contribution in [0.25, 0.3) is 0 Å². The quantitative estimate of drug-likeness (QED) is 0.706. The fourth-order valence-electron chi connectivity index (χ4n) is 1.55. The molecule has 0 N–H and O–H groups in total. The summed E-state index contributed by atoms with van der Waals surface area (Å²) in [6, 6.07) is 7.75. The van der Waals surface area contributed by atoms with Gasteiger partial charge in [-0.15, -0.1) is 0 Å². The van der Waals surface area contributed by atoms with E-state index in [9.17, 15) is 9.59 Å². The molecule has 15 heavy (non-hydrogen) atoms. The third kappa shape index (κ3) is 2.32.